The molecule has 0 saturated carbocycles. The molecule has 0 saturated heterocycles. The molecule has 0 aliphatic heterocycles. The van der Waals surface area contributed by atoms with Gasteiger partial charge in [-0.2, -0.15) is 11.8 Å². The van der Waals surface area contributed by atoms with Gasteiger partial charge in [0.2, 0.25) is 5.91 Å². The highest BCUT2D eigenvalue weighted by atomic mass is 32.2. The second-order valence-corrected chi connectivity index (χ2v) is 5.56. The molecule has 0 aliphatic rings. The third-order valence-corrected chi connectivity index (χ3v) is 3.55. The molecule has 0 aliphatic carbocycles. The summed E-state index contributed by atoms with van der Waals surface area (Å²) in [5, 5.41) is 2.95. The van der Waals surface area contributed by atoms with Crippen molar-refractivity contribution in [2.24, 2.45) is 0 Å². The standard InChI is InChI=1S/C15H19N3OS/c1-20-8-5-15(19)17-10-13-3-2-4-14(9-13)11-18-7-6-16-12-18/h2-4,6-7,9,12H,5,8,10-11H2,1H3,(H,17,19). The van der Waals surface area contributed by atoms with Crippen molar-refractivity contribution >= 4 is 17.7 Å². The number of nitrogens with one attached hydrogen (secondary N) is 1. The summed E-state index contributed by atoms with van der Waals surface area (Å²) in [5.41, 5.74) is 2.33. The monoisotopic (exact) mass is 289 g/mol. The van der Waals surface area contributed by atoms with Gasteiger partial charge in [0.05, 0.1) is 6.33 Å². The van der Waals surface area contributed by atoms with E-state index in [4.69, 9.17) is 0 Å². The Morgan fingerprint density at radius 1 is 1.40 bits per heavy atom. The van der Waals surface area contributed by atoms with Crippen LogP contribution in [0.3, 0.4) is 0 Å². The predicted octanol–water partition coefficient (Wildman–Crippen LogP) is 2.30. The number of imidazole rings is 1. The largest absolute Gasteiger partial charge is 0.352 e. The fourth-order valence-electron chi connectivity index (χ4n) is 1.91. The highest BCUT2D eigenvalue weighted by Crippen LogP contribution is 2.07. The van der Waals surface area contributed by atoms with E-state index in [-0.39, 0.29) is 5.91 Å². The average molecular weight is 289 g/mol. The lowest BCUT2D eigenvalue weighted by molar-refractivity contribution is -0.120. The van der Waals surface area contributed by atoms with Crippen LogP contribution in [0.25, 0.3) is 0 Å². The van der Waals surface area contributed by atoms with E-state index in [0.717, 1.165) is 17.9 Å². The van der Waals surface area contributed by atoms with Crippen LogP contribution in [-0.2, 0) is 17.9 Å². The van der Waals surface area contributed by atoms with E-state index in [1.165, 1.54) is 5.56 Å². The Bertz CT molecular complexity index is 540. The highest BCUT2D eigenvalue weighted by Gasteiger charge is 2.02. The van der Waals surface area contributed by atoms with E-state index in [2.05, 4.69) is 22.4 Å². The van der Waals surface area contributed by atoms with Gasteiger partial charge < -0.3 is 9.88 Å². The van der Waals surface area contributed by atoms with Gasteiger partial charge in [-0.05, 0) is 17.4 Å². The fourth-order valence-corrected chi connectivity index (χ4v) is 2.30. The average Bonchev–Trinajstić information content (AvgIpc) is 2.96. The van der Waals surface area contributed by atoms with Crippen molar-refractivity contribution in [1.82, 2.24) is 14.9 Å². The predicted molar refractivity (Wildman–Crippen MR) is 82.6 cm³/mol. The molecule has 1 aromatic carbocycles. The molecule has 0 radical (unpaired) electrons. The Labute approximate surface area is 123 Å². The number of thioether (sulfide) groups is 1. The molecule has 4 nitrogen and oxygen atoms in total. The smallest absolute Gasteiger partial charge is 0.221 e. The van der Waals surface area contributed by atoms with E-state index in [1.807, 2.05) is 29.2 Å². The molecular formula is C15H19N3OS. The molecule has 1 heterocycles. The minimum atomic E-state index is 0.111. The summed E-state index contributed by atoms with van der Waals surface area (Å²) in [6.45, 7) is 1.39. The molecule has 0 unspecified atom stereocenters. The minimum Gasteiger partial charge on any atom is -0.352 e. The zero-order chi connectivity index (χ0) is 14.2. The van der Waals surface area contributed by atoms with Crippen molar-refractivity contribution in [3.05, 3.63) is 54.1 Å². The first-order valence-corrected chi connectivity index (χ1v) is 7.96. The lowest BCUT2D eigenvalue weighted by Crippen LogP contribution is -2.23. The van der Waals surface area contributed by atoms with Gasteiger partial charge in [0.15, 0.2) is 0 Å². The Hall–Kier alpha value is -1.75. The molecule has 20 heavy (non-hydrogen) atoms. The van der Waals surface area contributed by atoms with Gasteiger partial charge >= 0.3 is 0 Å². The molecule has 0 fully saturated rings. The maximum Gasteiger partial charge on any atom is 0.221 e. The molecule has 1 N–H and O–H groups in total. The number of aromatic nitrogens is 2. The first-order valence-electron chi connectivity index (χ1n) is 6.57. The van der Waals surface area contributed by atoms with E-state index in [1.54, 1.807) is 24.3 Å². The summed E-state index contributed by atoms with van der Waals surface area (Å²) in [5.74, 6) is 0.978. The van der Waals surface area contributed by atoms with Crippen LogP contribution in [0.5, 0.6) is 0 Å². The molecule has 2 rings (SSSR count). The summed E-state index contributed by atoms with van der Waals surface area (Å²) in [4.78, 5) is 15.6. The molecular weight excluding hydrogens is 270 g/mol. The van der Waals surface area contributed by atoms with Crippen molar-refractivity contribution in [3.63, 3.8) is 0 Å². The lowest BCUT2D eigenvalue weighted by atomic mass is 10.1. The number of hydrogen-bond acceptors (Lipinski definition) is 3. The van der Waals surface area contributed by atoms with Gasteiger partial charge in [-0.25, -0.2) is 4.98 Å². The van der Waals surface area contributed by atoms with Gasteiger partial charge in [0, 0.05) is 37.7 Å². The van der Waals surface area contributed by atoms with Crippen molar-refractivity contribution < 1.29 is 4.79 Å². The normalized spacial score (nSPS) is 10.4. The number of rotatable bonds is 7. The molecule has 2 aromatic rings. The van der Waals surface area contributed by atoms with Crippen LogP contribution in [0.1, 0.15) is 17.5 Å². The first kappa shape index (κ1) is 14.7. The zero-order valence-corrected chi connectivity index (χ0v) is 12.4. The van der Waals surface area contributed by atoms with Crippen molar-refractivity contribution in [1.29, 1.82) is 0 Å². The van der Waals surface area contributed by atoms with Crippen molar-refractivity contribution in [2.75, 3.05) is 12.0 Å². The number of nitrogens with zero attached hydrogens (tertiary/aromatic N) is 2. The maximum absolute atomic E-state index is 11.6. The number of hydrogen-bond donors (Lipinski definition) is 1. The summed E-state index contributed by atoms with van der Waals surface area (Å²) in [6.07, 6.45) is 8.10. The van der Waals surface area contributed by atoms with Gasteiger partial charge in [-0.1, -0.05) is 24.3 Å². The van der Waals surface area contributed by atoms with Crippen LogP contribution in [0.15, 0.2) is 43.0 Å². The Morgan fingerprint density at radius 2 is 2.25 bits per heavy atom. The Kier molecular flexibility index (Phi) is 5.68. The maximum atomic E-state index is 11.6. The quantitative estimate of drug-likeness (QED) is 0.851. The van der Waals surface area contributed by atoms with Crippen molar-refractivity contribution in [2.45, 2.75) is 19.5 Å². The van der Waals surface area contributed by atoms with Gasteiger partial charge in [0.25, 0.3) is 0 Å². The molecule has 5 heteroatoms. The molecule has 106 valence electrons. The number of benzene rings is 1. The van der Waals surface area contributed by atoms with Crippen LogP contribution in [0, 0.1) is 0 Å². The first-order chi connectivity index (χ1) is 9.78. The Balaban J connectivity index is 1.87. The van der Waals surface area contributed by atoms with E-state index >= 15 is 0 Å². The third-order valence-electron chi connectivity index (χ3n) is 2.94. The van der Waals surface area contributed by atoms with Crippen LogP contribution in [0.2, 0.25) is 0 Å². The highest BCUT2D eigenvalue weighted by molar-refractivity contribution is 7.98. The van der Waals surface area contributed by atoms with E-state index in [0.29, 0.717) is 13.0 Å². The molecule has 0 spiro atoms. The van der Waals surface area contributed by atoms with Crippen LogP contribution in [0.4, 0.5) is 0 Å². The molecule has 1 amide bonds. The SMILES string of the molecule is CSCCC(=O)NCc1cccc(Cn2ccnc2)c1. The van der Waals surface area contributed by atoms with Gasteiger partial charge in [0.1, 0.15) is 0 Å². The second-order valence-electron chi connectivity index (χ2n) is 4.57. The number of amides is 1. The third kappa shape index (κ3) is 4.74. The molecule has 0 atom stereocenters. The summed E-state index contributed by atoms with van der Waals surface area (Å²) >= 11 is 1.69. The summed E-state index contributed by atoms with van der Waals surface area (Å²) < 4.78 is 2.02. The zero-order valence-electron chi connectivity index (χ0n) is 11.6. The van der Waals surface area contributed by atoms with Crippen LogP contribution < -0.4 is 5.32 Å². The number of carbonyl (C=O) groups excluding carboxylic acids is 1. The van der Waals surface area contributed by atoms with Crippen LogP contribution >= 0.6 is 11.8 Å². The van der Waals surface area contributed by atoms with Gasteiger partial charge in [-0.3, -0.25) is 4.79 Å². The molecule has 1 aromatic heterocycles. The van der Waals surface area contributed by atoms with E-state index in [9.17, 15) is 4.79 Å². The summed E-state index contributed by atoms with van der Waals surface area (Å²) in [6, 6.07) is 8.26. The van der Waals surface area contributed by atoms with Crippen molar-refractivity contribution in [3.8, 4) is 0 Å². The number of carbonyl (C=O) groups is 1. The lowest BCUT2D eigenvalue weighted by Gasteiger charge is -2.08. The van der Waals surface area contributed by atoms with E-state index < -0.39 is 0 Å². The molecule has 0 bridgehead atoms. The topological polar surface area (TPSA) is 46.9 Å². The Morgan fingerprint density at radius 3 is 3.00 bits per heavy atom. The van der Waals surface area contributed by atoms with Gasteiger partial charge in [-0.15, -0.1) is 0 Å². The summed E-state index contributed by atoms with van der Waals surface area (Å²) in [7, 11) is 0. The fraction of sp³-hybridized carbons (Fsp3) is 0.333. The second kappa shape index (κ2) is 7.75. The van der Waals surface area contributed by atoms with Crippen LogP contribution in [-0.4, -0.2) is 27.5 Å². The minimum absolute atomic E-state index is 0.111.